The second-order valence-corrected chi connectivity index (χ2v) is 7.63. The molecule has 0 aliphatic heterocycles. The van der Waals surface area contributed by atoms with E-state index < -0.39 is 5.91 Å². The van der Waals surface area contributed by atoms with Crippen LogP contribution in [0.5, 0.6) is 0 Å². The van der Waals surface area contributed by atoms with Gasteiger partial charge in [-0.05, 0) is 50.3 Å². The number of nitrogens with one attached hydrogen (secondary N) is 2. The van der Waals surface area contributed by atoms with Crippen LogP contribution >= 0.6 is 15.9 Å². The Kier molecular flexibility index (Phi) is 6.28. The number of aryl methyl sites for hydroxylation is 1. The molecule has 7 nitrogen and oxygen atoms in total. The summed E-state index contributed by atoms with van der Waals surface area (Å²) in [5.74, 6) is 0.361. The van der Waals surface area contributed by atoms with E-state index in [1.54, 1.807) is 0 Å². The number of halogens is 1. The minimum Gasteiger partial charge on any atom is -0.393 e. The number of rotatable bonds is 6. The fraction of sp³-hybridized carbons (Fsp3) is 0.421. The molecule has 1 saturated carbocycles. The first-order valence-electron chi connectivity index (χ1n) is 9.14. The number of carbonyl (C=O) groups is 1. The summed E-state index contributed by atoms with van der Waals surface area (Å²) in [6, 6.07) is 7.79. The van der Waals surface area contributed by atoms with Crippen molar-refractivity contribution in [2.75, 3.05) is 10.6 Å². The minimum absolute atomic E-state index is 0.122. The molecule has 5 N–H and O–H groups in total. The molecule has 8 heteroatoms. The minimum atomic E-state index is -0.623. The molecular formula is C19H24BrN5O2. The lowest BCUT2D eigenvalue weighted by atomic mass is 9.93. The number of carbonyl (C=O) groups excluding carboxylic acids is 1. The van der Waals surface area contributed by atoms with E-state index in [4.69, 9.17) is 5.73 Å². The summed E-state index contributed by atoms with van der Waals surface area (Å²) in [4.78, 5) is 21.0. The molecule has 3 rings (SSSR count). The molecule has 0 radical (unpaired) electrons. The number of aromatic nitrogens is 2. The molecule has 0 unspecified atom stereocenters. The van der Waals surface area contributed by atoms with E-state index in [1.165, 1.54) is 0 Å². The van der Waals surface area contributed by atoms with Crippen LogP contribution in [0.3, 0.4) is 0 Å². The number of aliphatic hydroxyl groups excluding tert-OH is 1. The summed E-state index contributed by atoms with van der Waals surface area (Å²) < 4.78 is 0.908. The zero-order valence-corrected chi connectivity index (χ0v) is 16.8. The van der Waals surface area contributed by atoms with Crippen molar-refractivity contribution in [2.24, 2.45) is 5.73 Å². The zero-order chi connectivity index (χ0) is 19.4. The number of hydrogen-bond acceptors (Lipinski definition) is 6. The molecule has 0 atom stereocenters. The van der Waals surface area contributed by atoms with Crippen LogP contribution < -0.4 is 16.4 Å². The number of hydrogen-bond donors (Lipinski definition) is 4. The van der Waals surface area contributed by atoms with Crippen molar-refractivity contribution in [3.63, 3.8) is 0 Å². The van der Waals surface area contributed by atoms with E-state index in [-0.39, 0.29) is 17.8 Å². The molecular weight excluding hydrogens is 410 g/mol. The van der Waals surface area contributed by atoms with Gasteiger partial charge in [0.15, 0.2) is 11.5 Å². The fourth-order valence-electron chi connectivity index (χ4n) is 3.21. The number of nitrogens with zero attached hydrogens (tertiary/aromatic N) is 2. The van der Waals surface area contributed by atoms with Gasteiger partial charge < -0.3 is 21.5 Å². The number of anilines is 3. The maximum absolute atomic E-state index is 11.9. The largest absolute Gasteiger partial charge is 0.393 e. The SMILES string of the molecule is CCc1nc(C(N)=O)c(Nc2cccc(Br)c2)nc1NC1CCC(O)CC1. The van der Waals surface area contributed by atoms with Crippen molar-refractivity contribution in [3.05, 3.63) is 40.1 Å². The van der Waals surface area contributed by atoms with E-state index in [2.05, 4.69) is 36.5 Å². The first-order valence-corrected chi connectivity index (χ1v) is 9.93. The molecule has 1 heterocycles. The molecule has 1 amide bonds. The first kappa shape index (κ1) is 19.6. The van der Waals surface area contributed by atoms with Gasteiger partial charge in [0.05, 0.1) is 11.8 Å². The Balaban J connectivity index is 1.91. The molecule has 1 aliphatic carbocycles. The molecule has 0 spiro atoms. The highest BCUT2D eigenvalue weighted by molar-refractivity contribution is 9.10. The lowest BCUT2D eigenvalue weighted by Gasteiger charge is -2.27. The number of aliphatic hydroxyl groups is 1. The average molecular weight is 434 g/mol. The van der Waals surface area contributed by atoms with E-state index in [1.807, 2.05) is 31.2 Å². The molecule has 144 valence electrons. The molecule has 1 aromatic heterocycles. The summed E-state index contributed by atoms with van der Waals surface area (Å²) in [5.41, 5.74) is 7.13. The van der Waals surface area contributed by atoms with Crippen LogP contribution in [0.1, 0.15) is 48.8 Å². The van der Waals surface area contributed by atoms with Gasteiger partial charge >= 0.3 is 0 Å². The predicted molar refractivity (Wildman–Crippen MR) is 109 cm³/mol. The molecule has 1 fully saturated rings. The first-order chi connectivity index (χ1) is 13.0. The van der Waals surface area contributed by atoms with Gasteiger partial charge in [0.1, 0.15) is 5.82 Å². The molecule has 1 aromatic carbocycles. The van der Waals surface area contributed by atoms with Gasteiger partial charge in [-0.3, -0.25) is 4.79 Å². The lowest BCUT2D eigenvalue weighted by molar-refractivity contribution is 0.0996. The van der Waals surface area contributed by atoms with Crippen molar-refractivity contribution >= 4 is 39.2 Å². The van der Waals surface area contributed by atoms with Gasteiger partial charge in [0, 0.05) is 16.2 Å². The number of benzene rings is 1. The van der Waals surface area contributed by atoms with E-state index in [9.17, 15) is 9.90 Å². The van der Waals surface area contributed by atoms with E-state index >= 15 is 0 Å². The number of amides is 1. The third-order valence-electron chi connectivity index (χ3n) is 4.66. The van der Waals surface area contributed by atoms with Crippen LogP contribution in [0, 0.1) is 0 Å². The Hall–Kier alpha value is -2.19. The monoisotopic (exact) mass is 433 g/mol. The van der Waals surface area contributed by atoms with Gasteiger partial charge in [-0.15, -0.1) is 0 Å². The van der Waals surface area contributed by atoms with Gasteiger partial charge in [-0.25, -0.2) is 9.97 Å². The van der Waals surface area contributed by atoms with Crippen LogP contribution in [-0.4, -0.2) is 33.1 Å². The summed E-state index contributed by atoms with van der Waals surface area (Å²) in [6.07, 6.45) is 3.70. The Labute approximate surface area is 166 Å². The normalized spacial score (nSPS) is 19.5. The van der Waals surface area contributed by atoms with Crippen molar-refractivity contribution in [2.45, 2.75) is 51.2 Å². The van der Waals surface area contributed by atoms with E-state index in [0.29, 0.717) is 23.8 Å². The highest BCUT2D eigenvalue weighted by Crippen LogP contribution is 2.27. The average Bonchev–Trinajstić information content (AvgIpc) is 2.63. The highest BCUT2D eigenvalue weighted by Gasteiger charge is 2.22. The van der Waals surface area contributed by atoms with Crippen LogP contribution in [-0.2, 0) is 6.42 Å². The predicted octanol–water partition coefficient (Wildman–Crippen LogP) is 3.36. The Bertz CT molecular complexity index is 822. The highest BCUT2D eigenvalue weighted by atomic mass is 79.9. The Morgan fingerprint density at radius 3 is 2.63 bits per heavy atom. The van der Waals surface area contributed by atoms with Crippen molar-refractivity contribution in [1.29, 1.82) is 0 Å². The zero-order valence-electron chi connectivity index (χ0n) is 15.2. The lowest BCUT2D eigenvalue weighted by Crippen LogP contribution is -2.29. The van der Waals surface area contributed by atoms with Crippen LogP contribution in [0.4, 0.5) is 17.3 Å². The van der Waals surface area contributed by atoms with Gasteiger partial charge in [0.2, 0.25) is 0 Å². The summed E-state index contributed by atoms with van der Waals surface area (Å²) in [5, 5.41) is 16.3. The molecule has 27 heavy (non-hydrogen) atoms. The summed E-state index contributed by atoms with van der Waals surface area (Å²) >= 11 is 3.43. The standard InChI is InChI=1S/C19H24BrN5O2/c1-2-15-18(22-12-6-8-14(26)9-7-12)25-19(16(24-15)17(21)27)23-13-5-3-4-11(20)10-13/h3-5,10,12,14,26H,2,6-9H2,1H3,(H2,21,27)(H2,22,23,25). The second-order valence-electron chi connectivity index (χ2n) is 6.72. The van der Waals surface area contributed by atoms with Gasteiger partial charge in [-0.1, -0.05) is 28.9 Å². The van der Waals surface area contributed by atoms with Gasteiger partial charge in [-0.2, -0.15) is 0 Å². The van der Waals surface area contributed by atoms with Crippen molar-refractivity contribution < 1.29 is 9.90 Å². The topological polar surface area (TPSA) is 113 Å². The number of nitrogens with two attached hydrogens (primary N) is 1. The third kappa shape index (κ3) is 4.95. The maximum Gasteiger partial charge on any atom is 0.271 e. The van der Waals surface area contributed by atoms with Crippen LogP contribution in [0.15, 0.2) is 28.7 Å². The quantitative estimate of drug-likeness (QED) is 0.555. The molecule has 0 saturated heterocycles. The van der Waals surface area contributed by atoms with Gasteiger partial charge in [0.25, 0.3) is 5.91 Å². The van der Waals surface area contributed by atoms with Crippen molar-refractivity contribution in [3.8, 4) is 0 Å². The smallest absolute Gasteiger partial charge is 0.271 e. The van der Waals surface area contributed by atoms with E-state index in [0.717, 1.165) is 35.8 Å². The number of primary amides is 1. The van der Waals surface area contributed by atoms with Crippen LogP contribution in [0.25, 0.3) is 0 Å². The fourth-order valence-corrected chi connectivity index (χ4v) is 3.61. The Morgan fingerprint density at radius 1 is 1.26 bits per heavy atom. The second kappa shape index (κ2) is 8.67. The van der Waals surface area contributed by atoms with Crippen LogP contribution in [0.2, 0.25) is 0 Å². The molecule has 1 aliphatic rings. The molecule has 2 aromatic rings. The third-order valence-corrected chi connectivity index (χ3v) is 5.15. The summed E-state index contributed by atoms with van der Waals surface area (Å²) in [7, 11) is 0. The summed E-state index contributed by atoms with van der Waals surface area (Å²) in [6.45, 7) is 1.96. The molecule has 0 bridgehead atoms. The maximum atomic E-state index is 11.9. The van der Waals surface area contributed by atoms with Crippen molar-refractivity contribution in [1.82, 2.24) is 9.97 Å². The Morgan fingerprint density at radius 2 is 2.00 bits per heavy atom.